The molecule has 0 bridgehead atoms. The smallest absolute Gasteiger partial charge is 0.410 e. The number of aryl methyl sites for hydroxylation is 2. The van der Waals surface area contributed by atoms with Gasteiger partial charge in [-0.25, -0.2) is 15.0 Å². The van der Waals surface area contributed by atoms with E-state index in [1.807, 2.05) is 165 Å². The number of aromatic nitrogens is 8. The summed E-state index contributed by atoms with van der Waals surface area (Å²) in [7, 11) is 0. The van der Waals surface area contributed by atoms with E-state index in [0.29, 0.717) is 70.5 Å². The summed E-state index contributed by atoms with van der Waals surface area (Å²) in [6.07, 6.45) is -0.310. The zero-order valence-electron chi connectivity index (χ0n) is 43.2. The Morgan fingerprint density at radius 1 is 0.571 bits per heavy atom. The Balaban J connectivity index is 0.000000166. The second kappa shape index (κ2) is 20.4. The summed E-state index contributed by atoms with van der Waals surface area (Å²) in [5.74, 6) is 0.187. The number of nitrogens with zero attached hydrogens (tertiary/aromatic N) is 7. The number of hydrogen-bond acceptors (Lipinski definition) is 11. The fraction of sp³-hybridized carbons (Fsp3) is 0.237. The molecule has 2 aliphatic heterocycles. The molecular weight excluding hydrogens is 973 g/mol. The molecule has 0 unspecified atom stereocenters. The molecule has 10 aromatic rings. The van der Waals surface area contributed by atoms with Crippen LogP contribution in [0.1, 0.15) is 52.9 Å². The number of para-hydroxylation sites is 2. The Kier molecular flexibility index (Phi) is 13.2. The summed E-state index contributed by atoms with van der Waals surface area (Å²) >= 11 is 0. The van der Waals surface area contributed by atoms with Gasteiger partial charge in [-0.3, -0.25) is 28.5 Å². The molecule has 3 amide bonds. The van der Waals surface area contributed by atoms with Crippen molar-refractivity contribution >= 4 is 72.6 Å². The molecule has 2 fully saturated rings. The third-order valence-corrected chi connectivity index (χ3v) is 14.0. The van der Waals surface area contributed by atoms with Crippen LogP contribution in [0.5, 0.6) is 0 Å². The molecule has 0 spiro atoms. The molecule has 18 nitrogen and oxygen atoms in total. The summed E-state index contributed by atoms with van der Waals surface area (Å²) in [5, 5.41) is 36.7. The molecule has 2 aliphatic rings. The number of rotatable bonds is 10. The number of ether oxygens (including phenoxy) is 1. The number of aromatic amines is 2. The van der Waals surface area contributed by atoms with Crippen molar-refractivity contribution in [3.63, 3.8) is 0 Å². The minimum absolute atomic E-state index is 0.213. The van der Waals surface area contributed by atoms with Gasteiger partial charge in [0.25, 0.3) is 22.9 Å². The minimum Gasteiger partial charge on any atom is -0.444 e. The average Bonchev–Trinajstić information content (AvgIpc) is 3.97. The van der Waals surface area contributed by atoms with Crippen molar-refractivity contribution in [1.29, 1.82) is 0 Å². The Morgan fingerprint density at radius 3 is 1.40 bits per heavy atom. The second-order valence-corrected chi connectivity index (χ2v) is 20.7. The van der Waals surface area contributed by atoms with E-state index >= 15 is 0 Å². The Labute approximate surface area is 441 Å². The summed E-state index contributed by atoms with van der Waals surface area (Å²) in [4.78, 5) is 65.1. The summed E-state index contributed by atoms with van der Waals surface area (Å²) < 4.78 is 9.25. The van der Waals surface area contributed by atoms with Gasteiger partial charge in [-0.1, -0.05) is 84.9 Å². The van der Waals surface area contributed by atoms with Crippen LogP contribution in [0, 0.1) is 25.7 Å². The van der Waals surface area contributed by atoms with Gasteiger partial charge in [0.15, 0.2) is 11.4 Å². The minimum atomic E-state index is -0.533. The number of anilines is 2. The van der Waals surface area contributed by atoms with E-state index in [-0.39, 0.29) is 34.9 Å². The standard InChI is InChI=1S/C32H32N6O4.C27H24N6O2/c1-19-15-21(13-14-22(19)27-23-9-5-6-10-24(23)29(39)35-34-27)33-30(40)28-25-11-7-8-12-26(25)38(36-28)18-20-16-37(17-20)31(41)42-32(2,3)4;1-16-12-18(10-11-19(16)24-20-6-2-3-7-21(20)26(34)31-30-24)29-27(35)25-22-8-4-5-9-23(22)33(32-25)15-17-13-28-14-17/h5-15,20H,16-18H2,1-4H3,(H,33,40)(H,35,39);2-12,17,28H,13-15H2,1H3,(H,29,35)(H,31,34). The Bertz CT molecular complexity index is 4070. The summed E-state index contributed by atoms with van der Waals surface area (Å²) in [6, 6.07) is 41.5. The van der Waals surface area contributed by atoms with Gasteiger partial charge in [-0.15, -0.1) is 0 Å². The van der Waals surface area contributed by atoms with Gasteiger partial charge in [0.05, 0.1) is 33.2 Å². The zero-order chi connectivity index (χ0) is 53.5. The highest BCUT2D eigenvalue weighted by molar-refractivity contribution is 6.12. The lowest BCUT2D eigenvalue weighted by molar-refractivity contribution is -0.00366. The van der Waals surface area contributed by atoms with Crippen LogP contribution in [0.15, 0.2) is 143 Å². The van der Waals surface area contributed by atoms with Gasteiger partial charge in [-0.05, 0) is 94.3 Å². The molecule has 77 heavy (non-hydrogen) atoms. The maximum Gasteiger partial charge on any atom is 0.410 e. The molecule has 12 rings (SSSR count). The van der Waals surface area contributed by atoms with Crippen molar-refractivity contribution in [2.45, 2.75) is 53.3 Å². The first-order valence-electron chi connectivity index (χ1n) is 25.5. The number of carbonyl (C=O) groups is 3. The third kappa shape index (κ3) is 10.2. The molecule has 4 aromatic heterocycles. The lowest BCUT2D eigenvalue weighted by Crippen LogP contribution is -2.52. The highest BCUT2D eigenvalue weighted by atomic mass is 16.6. The normalized spacial score (nSPS) is 13.8. The van der Waals surface area contributed by atoms with E-state index < -0.39 is 5.60 Å². The first-order chi connectivity index (χ1) is 37.2. The summed E-state index contributed by atoms with van der Waals surface area (Å²) in [5.41, 5.74) is 7.84. The molecule has 6 heterocycles. The van der Waals surface area contributed by atoms with Crippen LogP contribution in [-0.2, 0) is 17.8 Å². The first kappa shape index (κ1) is 49.9. The number of amides is 3. The van der Waals surface area contributed by atoms with Gasteiger partial charge in [0, 0.05) is 95.2 Å². The van der Waals surface area contributed by atoms with E-state index in [1.54, 1.807) is 17.0 Å². The lowest BCUT2D eigenvalue weighted by Gasteiger charge is -2.39. The molecule has 0 atom stereocenters. The largest absolute Gasteiger partial charge is 0.444 e. The van der Waals surface area contributed by atoms with Crippen molar-refractivity contribution < 1.29 is 19.1 Å². The molecule has 5 N–H and O–H groups in total. The second-order valence-electron chi connectivity index (χ2n) is 20.7. The topological polar surface area (TPSA) is 227 Å². The molecule has 388 valence electrons. The maximum atomic E-state index is 13.5. The molecule has 6 aromatic carbocycles. The van der Waals surface area contributed by atoms with Crippen molar-refractivity contribution in [3.05, 3.63) is 177 Å². The Morgan fingerprint density at radius 2 is 0.987 bits per heavy atom. The number of carbonyl (C=O) groups excluding carboxylic acids is 3. The molecule has 2 saturated heterocycles. The van der Waals surface area contributed by atoms with Crippen LogP contribution in [0.4, 0.5) is 16.2 Å². The van der Waals surface area contributed by atoms with Crippen molar-refractivity contribution in [1.82, 2.24) is 50.2 Å². The van der Waals surface area contributed by atoms with Crippen molar-refractivity contribution in [3.8, 4) is 22.5 Å². The van der Waals surface area contributed by atoms with Crippen LogP contribution < -0.4 is 27.1 Å². The summed E-state index contributed by atoms with van der Waals surface area (Å²) in [6.45, 7) is 13.9. The van der Waals surface area contributed by atoms with Crippen LogP contribution in [0.3, 0.4) is 0 Å². The highest BCUT2D eigenvalue weighted by Crippen LogP contribution is 2.32. The number of fused-ring (bicyclic) bond motifs is 4. The molecule has 0 aliphatic carbocycles. The lowest BCUT2D eigenvalue weighted by atomic mass is 10.0. The van der Waals surface area contributed by atoms with Crippen LogP contribution in [0.25, 0.3) is 65.9 Å². The van der Waals surface area contributed by atoms with Gasteiger partial charge in [-0.2, -0.15) is 20.4 Å². The third-order valence-electron chi connectivity index (χ3n) is 14.0. The Hall–Kier alpha value is -9.29. The predicted molar refractivity (Wildman–Crippen MR) is 298 cm³/mol. The SMILES string of the molecule is Cc1cc(NC(=O)c2nn(CC3CN(C(=O)OC(C)(C)C)C3)c3ccccc23)ccc1-c1n[nH]c(=O)c2ccccc12.Cc1cc(NC(=O)c2nn(CC3CNC3)c3ccccc23)ccc1-c1n[nH]c(=O)c2ccccc12. The van der Waals surface area contributed by atoms with E-state index in [9.17, 15) is 24.0 Å². The van der Waals surface area contributed by atoms with Gasteiger partial charge < -0.3 is 25.6 Å². The monoisotopic (exact) mass is 1030 g/mol. The first-order valence-corrected chi connectivity index (χ1v) is 25.5. The number of H-pyrrole nitrogens is 2. The maximum absolute atomic E-state index is 13.5. The van der Waals surface area contributed by atoms with E-state index in [1.165, 1.54) is 0 Å². The molecular formula is C59H56N12O6. The molecule has 0 saturated carbocycles. The molecule has 0 radical (unpaired) electrons. The number of benzene rings is 6. The van der Waals surface area contributed by atoms with E-state index in [0.717, 1.165) is 74.5 Å². The molecule has 18 heteroatoms. The van der Waals surface area contributed by atoms with Gasteiger partial charge in [0.2, 0.25) is 0 Å². The van der Waals surface area contributed by atoms with Crippen LogP contribution >= 0.6 is 0 Å². The number of nitrogens with one attached hydrogen (secondary N) is 5. The fourth-order valence-corrected chi connectivity index (χ4v) is 10.0. The quantitative estimate of drug-likeness (QED) is 0.0868. The number of likely N-dealkylation sites (tertiary alicyclic amines) is 1. The van der Waals surface area contributed by atoms with E-state index in [2.05, 4.69) is 41.4 Å². The predicted octanol–water partition coefficient (Wildman–Crippen LogP) is 9.09. The van der Waals surface area contributed by atoms with Gasteiger partial charge >= 0.3 is 6.09 Å². The number of hydrogen-bond donors (Lipinski definition) is 5. The van der Waals surface area contributed by atoms with Crippen molar-refractivity contribution in [2.24, 2.45) is 11.8 Å². The average molecular weight is 1030 g/mol. The zero-order valence-corrected chi connectivity index (χ0v) is 43.2. The fourth-order valence-electron chi connectivity index (χ4n) is 10.0. The van der Waals surface area contributed by atoms with E-state index in [4.69, 9.17) is 9.84 Å². The van der Waals surface area contributed by atoms with Crippen LogP contribution in [-0.4, -0.2) is 94.5 Å². The highest BCUT2D eigenvalue weighted by Gasteiger charge is 2.35. The van der Waals surface area contributed by atoms with Gasteiger partial charge in [0.1, 0.15) is 5.60 Å². The van der Waals surface area contributed by atoms with Crippen LogP contribution in [0.2, 0.25) is 0 Å². The van der Waals surface area contributed by atoms with Crippen molar-refractivity contribution in [2.75, 3.05) is 36.8 Å².